The summed E-state index contributed by atoms with van der Waals surface area (Å²) in [4.78, 5) is 17.1. The topological polar surface area (TPSA) is 65.5 Å². The number of anilines is 1. The summed E-state index contributed by atoms with van der Waals surface area (Å²) in [7, 11) is 1.19. The summed E-state index contributed by atoms with van der Waals surface area (Å²) >= 11 is 1.27. The zero-order valence-electron chi connectivity index (χ0n) is 12.9. The summed E-state index contributed by atoms with van der Waals surface area (Å²) in [6.07, 6.45) is -6.66. The van der Waals surface area contributed by atoms with Crippen LogP contribution >= 0.6 is 11.3 Å². The minimum Gasteiger partial charge on any atom is -0.382 e. The van der Waals surface area contributed by atoms with Crippen molar-refractivity contribution < 1.29 is 23.1 Å². The van der Waals surface area contributed by atoms with E-state index >= 15 is 0 Å². The molecule has 0 aromatic carbocycles. The van der Waals surface area contributed by atoms with Crippen molar-refractivity contribution in [3.8, 4) is 0 Å². The number of amides is 2. The molecule has 0 radical (unpaired) electrons. The van der Waals surface area contributed by atoms with E-state index in [4.69, 9.17) is 5.11 Å². The van der Waals surface area contributed by atoms with Gasteiger partial charge in [-0.25, -0.2) is 9.78 Å². The first kappa shape index (κ1) is 18.7. The van der Waals surface area contributed by atoms with Crippen LogP contribution in [0.4, 0.5) is 23.0 Å². The molecular formula is C13H20F3N3O2S. The summed E-state index contributed by atoms with van der Waals surface area (Å²) in [5.74, 6) is 0.335. The van der Waals surface area contributed by atoms with Gasteiger partial charge in [-0.05, 0) is 19.3 Å². The van der Waals surface area contributed by atoms with Crippen LogP contribution in [0.5, 0.6) is 0 Å². The maximum atomic E-state index is 12.3. The molecule has 0 saturated carbocycles. The lowest BCUT2D eigenvalue weighted by Crippen LogP contribution is -2.43. The van der Waals surface area contributed by atoms with Crippen LogP contribution in [0, 0.1) is 12.8 Å². The smallest absolute Gasteiger partial charge is 0.382 e. The molecule has 9 heteroatoms. The van der Waals surface area contributed by atoms with Gasteiger partial charge in [0.25, 0.3) is 0 Å². The molecule has 22 heavy (non-hydrogen) atoms. The Morgan fingerprint density at radius 1 is 1.45 bits per heavy atom. The van der Waals surface area contributed by atoms with E-state index in [0.29, 0.717) is 17.3 Å². The largest absolute Gasteiger partial charge is 0.416 e. The molecule has 2 N–H and O–H groups in total. The van der Waals surface area contributed by atoms with E-state index in [-0.39, 0.29) is 0 Å². The van der Waals surface area contributed by atoms with Crippen LogP contribution in [0.1, 0.15) is 24.5 Å². The number of rotatable bonds is 5. The molecule has 0 saturated heterocycles. The summed E-state index contributed by atoms with van der Waals surface area (Å²) in [5.41, 5.74) is 0.718. The van der Waals surface area contributed by atoms with Gasteiger partial charge in [0.15, 0.2) is 6.10 Å². The van der Waals surface area contributed by atoms with Gasteiger partial charge in [0.1, 0.15) is 5.00 Å². The van der Waals surface area contributed by atoms with Crippen LogP contribution in [0.3, 0.4) is 0 Å². The molecule has 1 heterocycles. The van der Waals surface area contributed by atoms with Crippen molar-refractivity contribution in [1.82, 2.24) is 9.88 Å². The Labute approximate surface area is 131 Å². The molecule has 5 nitrogen and oxygen atoms in total. The van der Waals surface area contributed by atoms with Crippen LogP contribution in [0.25, 0.3) is 0 Å². The minimum absolute atomic E-state index is 0.335. The molecule has 0 bridgehead atoms. The van der Waals surface area contributed by atoms with E-state index in [9.17, 15) is 18.0 Å². The molecule has 1 aromatic heterocycles. The second-order valence-electron chi connectivity index (χ2n) is 5.47. The highest BCUT2D eigenvalue weighted by molar-refractivity contribution is 7.16. The third-order valence-corrected chi connectivity index (χ3v) is 3.73. The van der Waals surface area contributed by atoms with Crippen molar-refractivity contribution >= 4 is 22.4 Å². The van der Waals surface area contributed by atoms with Crippen molar-refractivity contribution in [2.24, 2.45) is 5.92 Å². The fourth-order valence-electron chi connectivity index (χ4n) is 1.73. The van der Waals surface area contributed by atoms with Crippen molar-refractivity contribution in [2.45, 2.75) is 39.5 Å². The molecule has 1 unspecified atom stereocenters. The Kier molecular flexibility index (Phi) is 6.18. The molecule has 0 aliphatic carbocycles. The molecule has 1 rings (SSSR count). The fraction of sp³-hybridized carbons (Fsp3) is 0.692. The number of aryl methyl sites for hydroxylation is 1. The number of aliphatic hydroxyl groups excluding tert-OH is 1. The third kappa shape index (κ3) is 5.45. The second-order valence-corrected chi connectivity index (χ2v) is 6.68. The minimum atomic E-state index is -4.75. The Bertz CT molecular complexity index is 517. The highest BCUT2D eigenvalue weighted by atomic mass is 32.1. The lowest BCUT2D eigenvalue weighted by Gasteiger charge is -2.22. The van der Waals surface area contributed by atoms with Gasteiger partial charge >= 0.3 is 12.2 Å². The highest BCUT2D eigenvalue weighted by Crippen LogP contribution is 2.27. The van der Waals surface area contributed by atoms with Gasteiger partial charge in [0, 0.05) is 7.05 Å². The molecule has 0 aliphatic heterocycles. The quantitative estimate of drug-likeness (QED) is 0.866. The Balaban J connectivity index is 2.72. The SMILES string of the molecule is Cc1nc(CC(C)C)c(NC(=O)N(C)CC(O)C(F)(F)F)s1. The van der Waals surface area contributed by atoms with Gasteiger partial charge in [0.2, 0.25) is 0 Å². The van der Waals surface area contributed by atoms with Crippen molar-refractivity contribution in [2.75, 3.05) is 18.9 Å². The average molecular weight is 339 g/mol. The average Bonchev–Trinajstić information content (AvgIpc) is 2.66. The van der Waals surface area contributed by atoms with Crippen molar-refractivity contribution in [1.29, 1.82) is 0 Å². The van der Waals surface area contributed by atoms with Gasteiger partial charge < -0.3 is 10.0 Å². The predicted molar refractivity (Wildman–Crippen MR) is 79.1 cm³/mol. The predicted octanol–water partition coefficient (Wildman–Crippen LogP) is 3.04. The molecule has 1 atom stereocenters. The monoisotopic (exact) mass is 339 g/mol. The number of nitrogens with one attached hydrogen (secondary N) is 1. The molecular weight excluding hydrogens is 319 g/mol. The molecule has 1 aromatic rings. The number of halogens is 3. The Morgan fingerprint density at radius 3 is 2.55 bits per heavy atom. The summed E-state index contributed by atoms with van der Waals surface area (Å²) in [6.45, 7) is 4.98. The zero-order chi connectivity index (χ0) is 17.1. The fourth-order valence-corrected chi connectivity index (χ4v) is 2.57. The number of alkyl halides is 3. The second kappa shape index (κ2) is 7.28. The number of carbonyl (C=O) groups excluding carboxylic acids is 1. The Morgan fingerprint density at radius 2 is 2.05 bits per heavy atom. The van der Waals surface area contributed by atoms with Gasteiger partial charge in [0.05, 0.1) is 17.2 Å². The molecule has 0 aliphatic rings. The Hall–Kier alpha value is -1.35. The number of nitrogens with zero attached hydrogens (tertiary/aromatic N) is 2. The van der Waals surface area contributed by atoms with Gasteiger partial charge in [-0.15, -0.1) is 11.3 Å². The first-order valence-corrected chi connectivity index (χ1v) is 7.55. The molecule has 0 fully saturated rings. The summed E-state index contributed by atoms with van der Waals surface area (Å²) in [5, 5.41) is 12.8. The lowest BCUT2D eigenvalue weighted by atomic mass is 10.1. The number of aromatic nitrogens is 1. The van der Waals surface area contributed by atoms with E-state index < -0.39 is 24.9 Å². The normalized spacial score (nSPS) is 13.3. The van der Waals surface area contributed by atoms with Gasteiger partial charge in [-0.1, -0.05) is 13.8 Å². The maximum absolute atomic E-state index is 12.3. The van der Waals surface area contributed by atoms with Crippen LogP contribution in [0.15, 0.2) is 0 Å². The first-order chi connectivity index (χ1) is 10.0. The van der Waals surface area contributed by atoms with Crippen molar-refractivity contribution in [3.05, 3.63) is 10.7 Å². The van der Waals surface area contributed by atoms with Gasteiger partial charge in [-0.2, -0.15) is 13.2 Å². The van der Waals surface area contributed by atoms with E-state index in [1.165, 1.54) is 18.4 Å². The maximum Gasteiger partial charge on any atom is 0.416 e. The van der Waals surface area contributed by atoms with Crippen LogP contribution in [-0.4, -0.2) is 46.9 Å². The zero-order valence-corrected chi connectivity index (χ0v) is 13.7. The molecule has 2 amide bonds. The number of likely N-dealkylation sites (N-methyl/N-ethyl adjacent to an activating group) is 1. The highest BCUT2D eigenvalue weighted by Gasteiger charge is 2.39. The third-order valence-electron chi connectivity index (χ3n) is 2.80. The van der Waals surface area contributed by atoms with E-state index in [1.54, 1.807) is 6.92 Å². The van der Waals surface area contributed by atoms with Gasteiger partial charge in [-0.3, -0.25) is 5.32 Å². The first-order valence-electron chi connectivity index (χ1n) is 6.74. The molecule has 0 spiro atoms. The van der Waals surface area contributed by atoms with E-state index in [1.807, 2.05) is 13.8 Å². The number of urea groups is 1. The number of hydrogen-bond donors (Lipinski definition) is 2. The van der Waals surface area contributed by atoms with E-state index in [0.717, 1.165) is 15.6 Å². The molecule has 126 valence electrons. The standard InChI is InChI=1S/C13H20F3N3O2S/c1-7(2)5-9-11(22-8(3)17-9)18-12(21)19(4)6-10(20)13(14,15)16/h7,10,20H,5-6H2,1-4H3,(H,18,21). The van der Waals surface area contributed by atoms with Crippen LogP contribution < -0.4 is 5.32 Å². The number of hydrogen-bond acceptors (Lipinski definition) is 4. The number of thiazole rings is 1. The van der Waals surface area contributed by atoms with Crippen molar-refractivity contribution in [3.63, 3.8) is 0 Å². The number of aliphatic hydroxyl groups is 1. The summed E-state index contributed by atoms with van der Waals surface area (Å²) < 4.78 is 36.9. The number of carbonyl (C=O) groups is 1. The lowest BCUT2D eigenvalue weighted by molar-refractivity contribution is -0.205. The van der Waals surface area contributed by atoms with E-state index in [2.05, 4.69) is 10.3 Å². The summed E-state index contributed by atoms with van der Waals surface area (Å²) in [6, 6.07) is -0.711. The van der Waals surface area contributed by atoms with Crippen LogP contribution in [-0.2, 0) is 6.42 Å². The van der Waals surface area contributed by atoms with Crippen LogP contribution in [0.2, 0.25) is 0 Å².